The minimum Gasteiger partial charge on any atom is -0.462 e. The topological polar surface area (TPSA) is 256 Å². The van der Waals surface area contributed by atoms with Gasteiger partial charge < -0.3 is 44.6 Å². The molecule has 0 aromatic heterocycles. The fraction of sp³-hybridized carbons (Fsp3) is 0.609. The number of ether oxygens (including phenoxy) is 2. The molecular weight excluding hydrogens is 870 g/mol. The van der Waals surface area contributed by atoms with Crippen LogP contribution in [0.3, 0.4) is 0 Å². The second-order valence-electron chi connectivity index (χ2n) is 14.8. The fourth-order valence-corrected chi connectivity index (χ4v) is 6.46. The molecule has 1 unspecified atom stereocenters. The summed E-state index contributed by atoms with van der Waals surface area (Å²) in [4.78, 5) is 52.8. The first-order chi connectivity index (χ1) is 30.6. The van der Waals surface area contributed by atoms with Crippen molar-refractivity contribution < 1.29 is 76.9 Å². The van der Waals surface area contributed by atoms with Crippen molar-refractivity contribution in [3.63, 3.8) is 0 Å². The highest BCUT2D eigenvalue weighted by Crippen LogP contribution is 2.43. The Bertz CT molecular complexity index is 1550. The monoisotopic (exact) mass is 946 g/mol. The van der Waals surface area contributed by atoms with E-state index in [0.717, 1.165) is 77.0 Å². The minimum atomic E-state index is -4.91. The number of hydrogen-bond acceptors (Lipinski definition) is 13. The molecule has 6 atom stereocenters. The maximum absolute atomic E-state index is 12.7. The van der Waals surface area contributed by atoms with Gasteiger partial charge in [-0.15, -0.1) is 0 Å². The standard InChI is InChI=1S/C46H76O16P2/c1-3-5-7-8-9-10-11-12-13-14-15-16-17-18-19-24-28-34-46(52)62-42(39-61-64(56,57)60-37-41(48)36-59-63(53,54)55)38-58-45(51)35-29-33-44(50)43(49)32-27-23-21-20-22-26-31-40(47)30-25-6-4-2/h5,7,9-10,12-13,15-16,20-23,26-27,31-32,40-44,47-50H,3-4,6,8,11,14,17-19,24-25,28-30,33-39H2,1-2H3,(H,56,57)(H2,53,54,55)/b7-5-,10-9-,13-12-,16-15-,22-20-,23-21+,31-26+,32-27+/t40-,41+,42-,43-,44-/m1/s1. The molecule has 0 aromatic carbocycles. The van der Waals surface area contributed by atoms with Gasteiger partial charge in [0.15, 0.2) is 6.10 Å². The molecule has 0 saturated carbocycles. The largest absolute Gasteiger partial charge is 0.472 e. The first-order valence-corrected chi connectivity index (χ1v) is 25.3. The molecule has 0 aromatic rings. The van der Waals surface area contributed by atoms with Crippen molar-refractivity contribution >= 4 is 27.6 Å². The van der Waals surface area contributed by atoms with Crippen LogP contribution < -0.4 is 0 Å². The Morgan fingerprint density at radius 2 is 1.12 bits per heavy atom. The predicted octanol–water partition coefficient (Wildman–Crippen LogP) is 8.25. The maximum atomic E-state index is 12.7. The third-order valence-corrected chi connectivity index (χ3v) is 10.2. The molecule has 366 valence electrons. The van der Waals surface area contributed by atoms with Crippen LogP contribution in [0, 0.1) is 0 Å². The summed E-state index contributed by atoms with van der Waals surface area (Å²) in [5.74, 6) is -1.40. The van der Waals surface area contributed by atoms with Crippen molar-refractivity contribution in [3.05, 3.63) is 97.2 Å². The van der Waals surface area contributed by atoms with E-state index in [4.69, 9.17) is 23.8 Å². The van der Waals surface area contributed by atoms with Gasteiger partial charge in [-0.05, 0) is 64.2 Å². The lowest BCUT2D eigenvalue weighted by Crippen LogP contribution is -2.30. The van der Waals surface area contributed by atoms with Crippen LogP contribution in [0.15, 0.2) is 97.2 Å². The molecule has 18 heteroatoms. The van der Waals surface area contributed by atoms with Gasteiger partial charge in [-0.2, -0.15) is 0 Å². The predicted molar refractivity (Wildman–Crippen MR) is 248 cm³/mol. The van der Waals surface area contributed by atoms with Crippen LogP contribution >= 0.6 is 15.6 Å². The number of allylic oxidation sites excluding steroid dienone is 14. The maximum Gasteiger partial charge on any atom is 0.472 e. The lowest BCUT2D eigenvalue weighted by molar-refractivity contribution is -0.161. The zero-order valence-electron chi connectivity index (χ0n) is 37.7. The highest BCUT2D eigenvalue weighted by Gasteiger charge is 2.28. The van der Waals surface area contributed by atoms with Gasteiger partial charge in [0.25, 0.3) is 0 Å². The third kappa shape index (κ3) is 41.6. The summed E-state index contributed by atoms with van der Waals surface area (Å²) in [5, 5.41) is 40.2. The van der Waals surface area contributed by atoms with E-state index in [1.807, 2.05) is 0 Å². The second-order valence-corrected chi connectivity index (χ2v) is 17.5. The van der Waals surface area contributed by atoms with Crippen LogP contribution in [0.25, 0.3) is 0 Å². The number of carbonyl (C=O) groups excluding carboxylic acids is 2. The van der Waals surface area contributed by atoms with Gasteiger partial charge in [0.1, 0.15) is 12.7 Å². The van der Waals surface area contributed by atoms with E-state index < -0.39 is 84.5 Å². The summed E-state index contributed by atoms with van der Waals surface area (Å²) in [6.45, 7) is 1.10. The zero-order chi connectivity index (χ0) is 47.7. The van der Waals surface area contributed by atoms with Crippen molar-refractivity contribution in [1.82, 2.24) is 0 Å². The molecule has 0 bridgehead atoms. The van der Waals surface area contributed by atoms with E-state index in [1.54, 1.807) is 42.5 Å². The molecule has 7 N–H and O–H groups in total. The highest BCUT2D eigenvalue weighted by molar-refractivity contribution is 7.47. The smallest absolute Gasteiger partial charge is 0.462 e. The molecule has 0 rings (SSSR count). The number of aliphatic hydroxyl groups is 4. The van der Waals surface area contributed by atoms with Gasteiger partial charge in [0.2, 0.25) is 0 Å². The number of unbranched alkanes of at least 4 members (excludes halogenated alkanes) is 6. The van der Waals surface area contributed by atoms with Gasteiger partial charge in [0, 0.05) is 12.8 Å². The highest BCUT2D eigenvalue weighted by atomic mass is 31.2. The molecule has 0 radical (unpaired) electrons. The zero-order valence-corrected chi connectivity index (χ0v) is 39.5. The second kappa shape index (κ2) is 40.2. The van der Waals surface area contributed by atoms with E-state index >= 15 is 0 Å². The van der Waals surface area contributed by atoms with Crippen molar-refractivity contribution in [1.29, 1.82) is 0 Å². The van der Waals surface area contributed by atoms with Crippen LogP contribution in [0.1, 0.15) is 123 Å². The van der Waals surface area contributed by atoms with Crippen LogP contribution in [0.2, 0.25) is 0 Å². The Labute approximate surface area is 380 Å². The van der Waals surface area contributed by atoms with E-state index in [2.05, 4.69) is 71.5 Å². The van der Waals surface area contributed by atoms with Crippen molar-refractivity contribution in [3.8, 4) is 0 Å². The summed E-state index contributed by atoms with van der Waals surface area (Å²) in [6.07, 6.45) is 36.2. The molecule has 0 aliphatic carbocycles. The third-order valence-electron chi connectivity index (χ3n) is 8.81. The molecule has 16 nitrogen and oxygen atoms in total. The number of phosphoric ester groups is 2. The summed E-state index contributed by atoms with van der Waals surface area (Å²) < 4.78 is 47.5. The Balaban J connectivity index is 4.88. The first kappa shape index (κ1) is 60.9. The molecule has 0 aliphatic rings. The van der Waals surface area contributed by atoms with Gasteiger partial charge >= 0.3 is 27.6 Å². The Morgan fingerprint density at radius 1 is 0.562 bits per heavy atom. The molecule has 0 fully saturated rings. The van der Waals surface area contributed by atoms with Crippen LogP contribution in [-0.4, -0.2) is 104 Å². The van der Waals surface area contributed by atoms with Crippen LogP contribution in [0.5, 0.6) is 0 Å². The summed E-state index contributed by atoms with van der Waals surface area (Å²) in [5.41, 5.74) is 0. The Kier molecular flexibility index (Phi) is 38.3. The number of phosphoric acid groups is 2. The number of aliphatic hydroxyl groups excluding tert-OH is 4. The van der Waals surface area contributed by atoms with Crippen molar-refractivity contribution in [2.75, 3.05) is 26.4 Å². The molecule has 0 heterocycles. The number of carbonyl (C=O) groups is 2. The summed E-state index contributed by atoms with van der Waals surface area (Å²) >= 11 is 0. The molecule has 0 aliphatic heterocycles. The van der Waals surface area contributed by atoms with Gasteiger partial charge in [0.05, 0.1) is 38.1 Å². The van der Waals surface area contributed by atoms with Crippen LogP contribution in [0.4, 0.5) is 0 Å². The first-order valence-electron chi connectivity index (χ1n) is 22.3. The molecular formula is C46H76O16P2. The number of hydrogen-bond donors (Lipinski definition) is 7. The number of esters is 2. The van der Waals surface area contributed by atoms with Crippen molar-refractivity contribution in [2.24, 2.45) is 0 Å². The lowest BCUT2D eigenvalue weighted by atomic mass is 10.1. The molecule has 0 spiro atoms. The summed E-state index contributed by atoms with van der Waals surface area (Å²) in [6, 6.07) is 0. The molecule has 0 amide bonds. The lowest BCUT2D eigenvalue weighted by Gasteiger charge is -2.20. The quantitative estimate of drug-likeness (QED) is 0.0100. The Morgan fingerprint density at radius 3 is 1.77 bits per heavy atom. The SMILES string of the molecule is CC/C=C\C/C=C\C/C=C\C/C=C\CCCCCCC(=O)O[C@H](COC(=O)CCC[C@@H](O)[C@H](O)/C=C/C=C/C=C\C=C\[C@H](O)CCCCC)COP(=O)(O)OC[C@@H](O)COP(=O)(O)O. The van der Waals surface area contributed by atoms with E-state index in [-0.39, 0.29) is 25.7 Å². The number of rotatable bonds is 40. The normalized spacial score (nSPS) is 16.3. The molecule has 64 heavy (non-hydrogen) atoms. The Hall–Kier alpha value is -3.08. The molecule has 0 saturated heterocycles. The average Bonchev–Trinajstić information content (AvgIpc) is 3.24. The van der Waals surface area contributed by atoms with Gasteiger partial charge in [-0.1, -0.05) is 143 Å². The van der Waals surface area contributed by atoms with Gasteiger partial charge in [-0.25, -0.2) is 9.13 Å². The van der Waals surface area contributed by atoms with E-state index in [0.29, 0.717) is 6.42 Å². The average molecular weight is 947 g/mol. The fourth-order valence-electron chi connectivity index (χ4n) is 5.31. The van der Waals surface area contributed by atoms with E-state index in [9.17, 15) is 44.0 Å². The van der Waals surface area contributed by atoms with Gasteiger partial charge in [-0.3, -0.25) is 23.2 Å². The summed E-state index contributed by atoms with van der Waals surface area (Å²) in [7, 11) is -9.82. The minimum absolute atomic E-state index is 0.0240. The van der Waals surface area contributed by atoms with Crippen LogP contribution in [-0.2, 0) is 41.8 Å². The van der Waals surface area contributed by atoms with E-state index in [1.165, 1.54) is 6.08 Å². The van der Waals surface area contributed by atoms with Crippen molar-refractivity contribution in [2.45, 2.75) is 154 Å².